The third kappa shape index (κ3) is 4.87. The zero-order chi connectivity index (χ0) is 15.1. The van der Waals surface area contributed by atoms with Crippen molar-refractivity contribution in [2.75, 3.05) is 13.1 Å². The van der Waals surface area contributed by atoms with Crippen molar-refractivity contribution in [3.8, 4) is 5.75 Å². The van der Waals surface area contributed by atoms with Gasteiger partial charge in [-0.3, -0.25) is 0 Å². The molecule has 0 radical (unpaired) electrons. The van der Waals surface area contributed by atoms with E-state index in [0.29, 0.717) is 0 Å². The summed E-state index contributed by atoms with van der Waals surface area (Å²) in [5, 5.41) is 3.45. The van der Waals surface area contributed by atoms with E-state index in [1.54, 1.807) is 0 Å². The molecule has 21 heavy (non-hydrogen) atoms. The van der Waals surface area contributed by atoms with Gasteiger partial charge in [0, 0.05) is 11.0 Å². The van der Waals surface area contributed by atoms with Crippen molar-refractivity contribution in [1.82, 2.24) is 5.32 Å². The summed E-state index contributed by atoms with van der Waals surface area (Å²) >= 11 is 3.51. The summed E-state index contributed by atoms with van der Waals surface area (Å²) in [5.41, 5.74) is 2.34. The monoisotopic (exact) mass is 347 g/mol. The van der Waals surface area contributed by atoms with E-state index in [2.05, 4.69) is 65.4 Å². The Morgan fingerprint density at radius 3 is 2.62 bits per heavy atom. The zero-order valence-corrected chi connectivity index (χ0v) is 14.2. The molecule has 0 saturated carbocycles. The third-order valence-corrected chi connectivity index (χ3v) is 3.84. The van der Waals surface area contributed by atoms with Crippen molar-refractivity contribution in [2.24, 2.45) is 0 Å². The van der Waals surface area contributed by atoms with Crippen LogP contribution in [-0.4, -0.2) is 13.1 Å². The normalized spacial score (nSPS) is 12.1. The Hall–Kier alpha value is -1.32. The van der Waals surface area contributed by atoms with Gasteiger partial charge in [0.2, 0.25) is 0 Å². The molecule has 2 aromatic rings. The van der Waals surface area contributed by atoms with E-state index in [0.717, 1.165) is 35.3 Å². The molecule has 3 heteroatoms. The number of aryl methyl sites for hydroxylation is 1. The van der Waals surface area contributed by atoms with Crippen LogP contribution in [0.1, 0.15) is 30.6 Å². The number of nitrogens with one attached hydrogen (secondary N) is 1. The third-order valence-electron chi connectivity index (χ3n) is 3.35. The fraction of sp³-hybridized carbons (Fsp3) is 0.333. The van der Waals surface area contributed by atoms with Crippen molar-refractivity contribution >= 4 is 15.9 Å². The van der Waals surface area contributed by atoms with Gasteiger partial charge in [-0.2, -0.15) is 0 Å². The van der Waals surface area contributed by atoms with E-state index in [1.165, 1.54) is 5.56 Å². The average molecular weight is 348 g/mol. The first kappa shape index (κ1) is 16.1. The Kier molecular flexibility index (Phi) is 6.27. The zero-order valence-electron chi connectivity index (χ0n) is 12.6. The van der Waals surface area contributed by atoms with Crippen molar-refractivity contribution < 1.29 is 4.74 Å². The summed E-state index contributed by atoms with van der Waals surface area (Å²) in [6.07, 6.45) is 1.14. The first-order valence-corrected chi connectivity index (χ1v) is 8.18. The Bertz CT molecular complexity index is 556. The predicted molar refractivity (Wildman–Crippen MR) is 91.9 cm³/mol. The maximum Gasteiger partial charge on any atom is 0.136 e. The van der Waals surface area contributed by atoms with E-state index in [1.807, 2.05) is 18.2 Å². The van der Waals surface area contributed by atoms with Crippen LogP contribution < -0.4 is 10.1 Å². The standard InChI is InChI=1S/C18H22BrNO/c1-3-11-20-13-18(15-7-5-4-6-8-15)21-17-12-16(19)10-9-14(17)2/h4-10,12,18,20H,3,11,13H2,1-2H3. The van der Waals surface area contributed by atoms with Gasteiger partial charge in [-0.1, -0.05) is 59.3 Å². The summed E-state index contributed by atoms with van der Waals surface area (Å²) < 4.78 is 7.30. The van der Waals surface area contributed by atoms with Crippen LogP contribution in [0.15, 0.2) is 53.0 Å². The van der Waals surface area contributed by atoms with Crippen LogP contribution in [0.25, 0.3) is 0 Å². The molecular weight excluding hydrogens is 326 g/mol. The Morgan fingerprint density at radius 2 is 1.90 bits per heavy atom. The molecule has 1 atom stereocenters. The van der Waals surface area contributed by atoms with Gasteiger partial charge in [-0.05, 0) is 43.1 Å². The lowest BCUT2D eigenvalue weighted by Gasteiger charge is -2.21. The highest BCUT2D eigenvalue weighted by molar-refractivity contribution is 9.10. The first-order valence-electron chi connectivity index (χ1n) is 7.39. The number of ether oxygens (including phenoxy) is 1. The second-order valence-corrected chi connectivity index (χ2v) is 6.05. The molecule has 0 spiro atoms. The maximum atomic E-state index is 6.27. The minimum atomic E-state index is 0.0192. The van der Waals surface area contributed by atoms with Crippen LogP contribution in [0.5, 0.6) is 5.75 Å². The van der Waals surface area contributed by atoms with Gasteiger partial charge in [0.05, 0.1) is 0 Å². The fourth-order valence-corrected chi connectivity index (χ4v) is 2.50. The lowest BCUT2D eigenvalue weighted by Crippen LogP contribution is -2.26. The largest absolute Gasteiger partial charge is 0.484 e. The van der Waals surface area contributed by atoms with Gasteiger partial charge < -0.3 is 10.1 Å². The SMILES string of the molecule is CCCNCC(Oc1cc(Br)ccc1C)c1ccccc1. The molecule has 0 aliphatic heterocycles. The molecule has 2 rings (SSSR count). The second kappa shape index (κ2) is 8.20. The molecule has 1 N–H and O–H groups in total. The lowest BCUT2D eigenvalue weighted by molar-refractivity contribution is 0.200. The number of hydrogen-bond donors (Lipinski definition) is 1. The van der Waals surface area contributed by atoms with Crippen LogP contribution in [0.3, 0.4) is 0 Å². The van der Waals surface area contributed by atoms with E-state index in [-0.39, 0.29) is 6.10 Å². The summed E-state index contributed by atoms with van der Waals surface area (Å²) in [6.45, 7) is 6.06. The Labute approximate surface area is 135 Å². The van der Waals surface area contributed by atoms with Crippen LogP contribution in [-0.2, 0) is 0 Å². The summed E-state index contributed by atoms with van der Waals surface area (Å²) in [4.78, 5) is 0. The van der Waals surface area contributed by atoms with Crippen LogP contribution in [0.4, 0.5) is 0 Å². The molecule has 0 fully saturated rings. The van der Waals surface area contributed by atoms with Crippen molar-refractivity contribution in [3.63, 3.8) is 0 Å². The molecule has 112 valence electrons. The molecule has 0 aliphatic carbocycles. The quantitative estimate of drug-likeness (QED) is 0.721. The number of benzene rings is 2. The van der Waals surface area contributed by atoms with Crippen molar-refractivity contribution in [2.45, 2.75) is 26.4 Å². The van der Waals surface area contributed by atoms with Gasteiger partial charge in [-0.15, -0.1) is 0 Å². The summed E-state index contributed by atoms with van der Waals surface area (Å²) in [5.74, 6) is 0.927. The highest BCUT2D eigenvalue weighted by atomic mass is 79.9. The number of rotatable bonds is 7. The van der Waals surface area contributed by atoms with Crippen LogP contribution >= 0.6 is 15.9 Å². The Morgan fingerprint density at radius 1 is 1.14 bits per heavy atom. The van der Waals surface area contributed by atoms with Gasteiger partial charge in [0.25, 0.3) is 0 Å². The fourth-order valence-electron chi connectivity index (χ4n) is 2.16. The van der Waals surface area contributed by atoms with Gasteiger partial charge >= 0.3 is 0 Å². The molecular formula is C18H22BrNO. The first-order chi connectivity index (χ1) is 10.2. The molecule has 0 aromatic heterocycles. The minimum absolute atomic E-state index is 0.0192. The number of hydrogen-bond acceptors (Lipinski definition) is 2. The highest BCUT2D eigenvalue weighted by Crippen LogP contribution is 2.27. The molecule has 0 saturated heterocycles. The highest BCUT2D eigenvalue weighted by Gasteiger charge is 2.14. The molecule has 2 aromatic carbocycles. The van der Waals surface area contributed by atoms with Crippen LogP contribution in [0, 0.1) is 6.92 Å². The lowest BCUT2D eigenvalue weighted by atomic mass is 10.1. The second-order valence-electron chi connectivity index (χ2n) is 5.13. The molecule has 1 unspecified atom stereocenters. The topological polar surface area (TPSA) is 21.3 Å². The van der Waals surface area contributed by atoms with Gasteiger partial charge in [-0.25, -0.2) is 0 Å². The molecule has 0 bridgehead atoms. The molecule has 0 amide bonds. The average Bonchev–Trinajstić information content (AvgIpc) is 2.51. The van der Waals surface area contributed by atoms with E-state index in [4.69, 9.17) is 4.74 Å². The summed E-state index contributed by atoms with van der Waals surface area (Å²) in [7, 11) is 0. The summed E-state index contributed by atoms with van der Waals surface area (Å²) in [6, 6.07) is 16.5. The van der Waals surface area contributed by atoms with Crippen LogP contribution in [0.2, 0.25) is 0 Å². The van der Waals surface area contributed by atoms with E-state index < -0.39 is 0 Å². The number of halogens is 1. The van der Waals surface area contributed by atoms with E-state index >= 15 is 0 Å². The molecule has 0 heterocycles. The molecule has 2 nitrogen and oxygen atoms in total. The predicted octanol–water partition coefficient (Wildman–Crippen LogP) is 4.88. The molecule has 0 aliphatic rings. The van der Waals surface area contributed by atoms with Crippen molar-refractivity contribution in [3.05, 3.63) is 64.1 Å². The van der Waals surface area contributed by atoms with E-state index in [9.17, 15) is 0 Å². The smallest absolute Gasteiger partial charge is 0.136 e. The van der Waals surface area contributed by atoms with Gasteiger partial charge in [0.15, 0.2) is 0 Å². The van der Waals surface area contributed by atoms with Crippen molar-refractivity contribution in [1.29, 1.82) is 0 Å². The van der Waals surface area contributed by atoms with Gasteiger partial charge in [0.1, 0.15) is 11.9 Å². The Balaban J connectivity index is 2.17. The minimum Gasteiger partial charge on any atom is -0.484 e. The maximum absolute atomic E-state index is 6.27.